The van der Waals surface area contributed by atoms with Crippen LogP contribution in [0.25, 0.3) is 0 Å². The summed E-state index contributed by atoms with van der Waals surface area (Å²) in [6.07, 6.45) is 58.0. The van der Waals surface area contributed by atoms with Gasteiger partial charge in [-0.1, -0.05) is 191 Å². The summed E-state index contributed by atoms with van der Waals surface area (Å²) in [5.41, 5.74) is 0. The predicted molar refractivity (Wildman–Crippen MR) is 256 cm³/mol. The van der Waals surface area contributed by atoms with Crippen LogP contribution in [-0.2, 0) is 28.6 Å². The van der Waals surface area contributed by atoms with Crippen molar-refractivity contribution in [3.63, 3.8) is 0 Å². The fraction of sp³-hybridized carbons (Fsp3) is 0.796. The lowest BCUT2D eigenvalue weighted by atomic mass is 10.1. The molecule has 0 aliphatic carbocycles. The van der Waals surface area contributed by atoms with Crippen LogP contribution in [0.3, 0.4) is 0 Å². The minimum absolute atomic E-state index is 0.0824. The van der Waals surface area contributed by atoms with Gasteiger partial charge in [0.25, 0.3) is 0 Å². The third-order valence-corrected chi connectivity index (χ3v) is 11.1. The lowest BCUT2D eigenvalue weighted by Gasteiger charge is -2.18. The van der Waals surface area contributed by atoms with E-state index >= 15 is 0 Å². The molecule has 0 amide bonds. The first kappa shape index (κ1) is 57.4. The quantitative estimate of drug-likeness (QED) is 0.0200. The number of unbranched alkanes of at least 4 members (excludes halogenated alkanes) is 28. The predicted octanol–water partition coefficient (Wildman–Crippen LogP) is 16.7. The second kappa shape index (κ2) is 49.0. The van der Waals surface area contributed by atoms with Gasteiger partial charge in [-0.2, -0.15) is 0 Å². The van der Waals surface area contributed by atoms with E-state index in [1.165, 1.54) is 148 Å². The number of ether oxygens (including phenoxy) is 3. The maximum absolute atomic E-state index is 12.8. The van der Waals surface area contributed by atoms with Crippen molar-refractivity contribution in [2.24, 2.45) is 0 Å². The summed E-state index contributed by atoms with van der Waals surface area (Å²) in [6.45, 7) is 6.56. The van der Waals surface area contributed by atoms with Crippen molar-refractivity contribution < 1.29 is 28.6 Å². The van der Waals surface area contributed by atoms with Crippen molar-refractivity contribution in [1.29, 1.82) is 0 Å². The van der Waals surface area contributed by atoms with Crippen molar-refractivity contribution in [3.05, 3.63) is 48.6 Å². The third-order valence-electron chi connectivity index (χ3n) is 11.1. The monoisotopic (exact) mass is 841 g/mol. The molecule has 0 saturated heterocycles. The van der Waals surface area contributed by atoms with E-state index in [9.17, 15) is 14.4 Å². The van der Waals surface area contributed by atoms with Crippen molar-refractivity contribution >= 4 is 17.9 Å². The molecule has 0 aromatic carbocycles. The van der Waals surface area contributed by atoms with Crippen LogP contribution in [0.4, 0.5) is 0 Å². The highest BCUT2D eigenvalue weighted by atomic mass is 16.6. The molecule has 0 saturated carbocycles. The summed E-state index contributed by atoms with van der Waals surface area (Å²) in [4.78, 5) is 37.9. The van der Waals surface area contributed by atoms with Crippen LogP contribution in [0.5, 0.6) is 0 Å². The Labute approximate surface area is 371 Å². The van der Waals surface area contributed by atoms with E-state index in [4.69, 9.17) is 14.2 Å². The minimum atomic E-state index is -0.781. The van der Waals surface area contributed by atoms with Gasteiger partial charge in [0.05, 0.1) is 0 Å². The molecule has 1 unspecified atom stereocenters. The van der Waals surface area contributed by atoms with E-state index < -0.39 is 6.10 Å². The number of esters is 3. The van der Waals surface area contributed by atoms with Gasteiger partial charge in [0, 0.05) is 19.3 Å². The summed E-state index contributed by atoms with van der Waals surface area (Å²) in [5, 5.41) is 0. The highest BCUT2D eigenvalue weighted by Gasteiger charge is 2.19. The Morgan fingerprint density at radius 1 is 0.333 bits per heavy atom. The van der Waals surface area contributed by atoms with Crippen LogP contribution >= 0.6 is 0 Å². The molecule has 60 heavy (non-hydrogen) atoms. The molecular weight excluding hydrogens is 745 g/mol. The molecule has 0 aliphatic rings. The number of hydrogen-bond donors (Lipinski definition) is 0. The molecule has 6 nitrogen and oxygen atoms in total. The van der Waals surface area contributed by atoms with Crippen LogP contribution < -0.4 is 0 Å². The smallest absolute Gasteiger partial charge is 0.306 e. The van der Waals surface area contributed by atoms with Crippen molar-refractivity contribution in [1.82, 2.24) is 0 Å². The first-order valence-electron chi connectivity index (χ1n) is 25.7. The SMILES string of the molecule is CCCCC/C=C\C=C/CCCCCCCCC(=O)OCC(COC(=O)CCCCCCC/C=C\CCCCC)OC(=O)CCCCCCCCC/C=C\CCCCCC. The highest BCUT2D eigenvalue weighted by Crippen LogP contribution is 2.14. The summed E-state index contributed by atoms with van der Waals surface area (Å²) in [6, 6.07) is 0. The largest absolute Gasteiger partial charge is 0.462 e. The molecule has 1 atom stereocenters. The van der Waals surface area contributed by atoms with Gasteiger partial charge >= 0.3 is 17.9 Å². The molecule has 0 bridgehead atoms. The molecule has 0 aromatic rings. The average Bonchev–Trinajstić information content (AvgIpc) is 3.24. The van der Waals surface area contributed by atoms with Gasteiger partial charge in [0.2, 0.25) is 0 Å². The van der Waals surface area contributed by atoms with E-state index in [1.807, 2.05) is 0 Å². The van der Waals surface area contributed by atoms with Gasteiger partial charge in [-0.25, -0.2) is 0 Å². The van der Waals surface area contributed by atoms with Crippen LogP contribution in [0.2, 0.25) is 0 Å². The Kier molecular flexibility index (Phi) is 46.9. The summed E-state index contributed by atoms with van der Waals surface area (Å²) in [7, 11) is 0. The molecule has 0 spiro atoms. The molecule has 0 N–H and O–H groups in total. The van der Waals surface area contributed by atoms with Crippen molar-refractivity contribution in [2.75, 3.05) is 13.2 Å². The van der Waals surface area contributed by atoms with E-state index in [1.54, 1.807) is 0 Å². The Hall–Kier alpha value is -2.63. The lowest BCUT2D eigenvalue weighted by Crippen LogP contribution is -2.30. The normalized spacial score (nSPS) is 12.4. The zero-order valence-corrected chi connectivity index (χ0v) is 39.7. The molecular formula is C54H96O6. The fourth-order valence-electron chi connectivity index (χ4n) is 7.13. The molecule has 6 heteroatoms. The molecule has 348 valence electrons. The molecule has 0 aliphatic heterocycles. The maximum Gasteiger partial charge on any atom is 0.306 e. The molecule has 0 radical (unpaired) electrons. The lowest BCUT2D eigenvalue weighted by molar-refractivity contribution is -0.167. The Morgan fingerprint density at radius 3 is 0.967 bits per heavy atom. The zero-order chi connectivity index (χ0) is 43.7. The Morgan fingerprint density at radius 2 is 0.600 bits per heavy atom. The topological polar surface area (TPSA) is 78.9 Å². The molecule has 0 rings (SSSR count). The standard InChI is InChI=1S/C54H96O6/c1-4-7-10-13-16-19-22-25-27-29-32-35-38-41-44-47-53(56)59-50-51(49-58-52(55)46-43-40-37-34-31-24-21-18-15-12-9-6-3)60-54(57)48-45-42-39-36-33-30-28-26-23-20-17-14-11-8-5-2/h16,18-23,25,51H,4-15,17,24,26-50H2,1-3H3/b19-16-,21-18-,23-20-,25-22-. The summed E-state index contributed by atoms with van der Waals surface area (Å²) >= 11 is 0. The van der Waals surface area contributed by atoms with Gasteiger partial charge in [-0.05, 0) is 96.3 Å². The second-order valence-corrected chi connectivity index (χ2v) is 17.1. The first-order valence-corrected chi connectivity index (χ1v) is 25.7. The third kappa shape index (κ3) is 46.4. The Bertz CT molecular complexity index is 1060. The van der Waals surface area contributed by atoms with Crippen molar-refractivity contribution in [2.45, 2.75) is 264 Å². The number of hydrogen-bond acceptors (Lipinski definition) is 6. The molecule has 0 heterocycles. The number of allylic oxidation sites excluding steroid dienone is 8. The van der Waals surface area contributed by atoms with Gasteiger partial charge in [-0.3, -0.25) is 14.4 Å². The van der Waals surface area contributed by atoms with Crippen LogP contribution in [-0.4, -0.2) is 37.2 Å². The minimum Gasteiger partial charge on any atom is -0.462 e. The van der Waals surface area contributed by atoms with E-state index in [-0.39, 0.29) is 31.1 Å². The van der Waals surface area contributed by atoms with E-state index in [0.29, 0.717) is 19.3 Å². The van der Waals surface area contributed by atoms with Gasteiger partial charge < -0.3 is 14.2 Å². The van der Waals surface area contributed by atoms with E-state index in [2.05, 4.69) is 69.4 Å². The molecule has 0 aromatic heterocycles. The van der Waals surface area contributed by atoms with E-state index in [0.717, 1.165) is 70.6 Å². The number of rotatable bonds is 46. The van der Waals surface area contributed by atoms with Gasteiger partial charge in [-0.15, -0.1) is 0 Å². The Balaban J connectivity index is 4.40. The van der Waals surface area contributed by atoms with Crippen molar-refractivity contribution in [3.8, 4) is 0 Å². The molecule has 0 fully saturated rings. The van der Waals surface area contributed by atoms with Gasteiger partial charge in [0.1, 0.15) is 13.2 Å². The van der Waals surface area contributed by atoms with Crippen LogP contribution in [0, 0.1) is 0 Å². The number of carbonyl (C=O) groups excluding carboxylic acids is 3. The summed E-state index contributed by atoms with van der Waals surface area (Å²) in [5.74, 6) is -0.902. The van der Waals surface area contributed by atoms with Crippen LogP contribution in [0.1, 0.15) is 258 Å². The first-order chi connectivity index (χ1) is 29.5. The average molecular weight is 841 g/mol. The fourth-order valence-corrected chi connectivity index (χ4v) is 7.13. The summed E-state index contributed by atoms with van der Waals surface area (Å²) < 4.78 is 16.8. The van der Waals surface area contributed by atoms with Crippen LogP contribution in [0.15, 0.2) is 48.6 Å². The number of carbonyl (C=O) groups is 3. The highest BCUT2D eigenvalue weighted by molar-refractivity contribution is 5.71. The maximum atomic E-state index is 12.8. The second-order valence-electron chi connectivity index (χ2n) is 17.1. The van der Waals surface area contributed by atoms with Gasteiger partial charge in [0.15, 0.2) is 6.10 Å². The zero-order valence-electron chi connectivity index (χ0n) is 39.7.